The number of rotatable bonds is 5. The summed E-state index contributed by atoms with van der Waals surface area (Å²) in [4.78, 5) is 4.60. The highest BCUT2D eigenvalue weighted by atomic mass is 79.9. The maximum absolute atomic E-state index is 11.2. The topological polar surface area (TPSA) is 44.5 Å². The standard InChI is InChI=1S/C15H25BrN4O/c1-11-8-15(21,10-19(11)12-4-5-12)14-13(16)9-17-20(14)7-6-18(2)3/h9,11-12,21H,4-8,10H2,1-3H3. The van der Waals surface area contributed by atoms with Crippen molar-refractivity contribution in [2.24, 2.45) is 0 Å². The zero-order valence-electron chi connectivity index (χ0n) is 13.1. The lowest BCUT2D eigenvalue weighted by Crippen LogP contribution is -2.35. The van der Waals surface area contributed by atoms with Crippen LogP contribution in [0.4, 0.5) is 0 Å². The van der Waals surface area contributed by atoms with E-state index in [0.717, 1.165) is 36.2 Å². The fraction of sp³-hybridized carbons (Fsp3) is 0.800. The van der Waals surface area contributed by atoms with E-state index in [1.165, 1.54) is 12.8 Å². The third-order valence-corrected chi connectivity index (χ3v) is 5.23. The van der Waals surface area contributed by atoms with Gasteiger partial charge in [0.25, 0.3) is 0 Å². The molecule has 2 unspecified atom stereocenters. The Bertz CT molecular complexity index is 514. The van der Waals surface area contributed by atoms with Crippen LogP contribution in [0.15, 0.2) is 10.7 Å². The molecule has 1 aromatic heterocycles. The summed E-state index contributed by atoms with van der Waals surface area (Å²) in [6.07, 6.45) is 5.16. The molecule has 1 saturated carbocycles. The van der Waals surface area contributed by atoms with Crippen molar-refractivity contribution in [1.82, 2.24) is 19.6 Å². The average Bonchev–Trinajstić information content (AvgIpc) is 3.10. The highest BCUT2D eigenvalue weighted by molar-refractivity contribution is 9.10. The highest BCUT2D eigenvalue weighted by Crippen LogP contribution is 2.43. The molecule has 1 saturated heterocycles. The van der Waals surface area contributed by atoms with Crippen molar-refractivity contribution in [2.75, 3.05) is 27.2 Å². The summed E-state index contributed by atoms with van der Waals surface area (Å²) in [5, 5.41) is 15.7. The molecule has 118 valence electrons. The van der Waals surface area contributed by atoms with Gasteiger partial charge in [0.2, 0.25) is 0 Å². The molecule has 5 nitrogen and oxygen atoms in total. The van der Waals surface area contributed by atoms with Crippen molar-refractivity contribution < 1.29 is 5.11 Å². The summed E-state index contributed by atoms with van der Waals surface area (Å²) in [6.45, 7) is 4.67. The molecule has 21 heavy (non-hydrogen) atoms. The number of β-amino-alcohol motifs (C(OH)–C–C–N with tert-alkyl or cyclic N) is 1. The Kier molecular flexibility index (Phi) is 4.16. The number of hydrogen-bond donors (Lipinski definition) is 1. The Balaban J connectivity index is 1.83. The Morgan fingerprint density at radius 2 is 2.19 bits per heavy atom. The second-order valence-electron chi connectivity index (χ2n) is 6.86. The molecule has 0 amide bonds. The molecule has 1 N–H and O–H groups in total. The maximum Gasteiger partial charge on any atom is 0.121 e. The van der Waals surface area contributed by atoms with Crippen LogP contribution in [0, 0.1) is 0 Å². The van der Waals surface area contributed by atoms with Crippen LogP contribution in [0.1, 0.15) is 31.9 Å². The molecule has 0 bridgehead atoms. The lowest BCUT2D eigenvalue weighted by Gasteiger charge is -2.25. The molecular formula is C15H25BrN4O. The van der Waals surface area contributed by atoms with Crippen LogP contribution < -0.4 is 0 Å². The summed E-state index contributed by atoms with van der Waals surface area (Å²) >= 11 is 3.59. The molecule has 0 radical (unpaired) electrons. The molecule has 2 atom stereocenters. The van der Waals surface area contributed by atoms with E-state index in [0.29, 0.717) is 12.1 Å². The van der Waals surface area contributed by atoms with Crippen molar-refractivity contribution in [3.63, 3.8) is 0 Å². The van der Waals surface area contributed by atoms with Crippen LogP contribution in [0.5, 0.6) is 0 Å². The fourth-order valence-corrected chi connectivity index (χ4v) is 4.15. The van der Waals surface area contributed by atoms with Crippen molar-refractivity contribution in [2.45, 2.75) is 50.4 Å². The van der Waals surface area contributed by atoms with Gasteiger partial charge in [-0.2, -0.15) is 5.10 Å². The Labute approximate surface area is 135 Å². The molecule has 6 heteroatoms. The predicted octanol–water partition coefficient (Wildman–Crippen LogP) is 1.65. The summed E-state index contributed by atoms with van der Waals surface area (Å²) in [6, 6.07) is 1.12. The third-order valence-electron chi connectivity index (χ3n) is 4.65. The van der Waals surface area contributed by atoms with Gasteiger partial charge >= 0.3 is 0 Å². The first-order chi connectivity index (χ1) is 9.90. The molecule has 3 rings (SSSR count). The number of halogens is 1. The van der Waals surface area contributed by atoms with Gasteiger partial charge in [-0.3, -0.25) is 9.58 Å². The van der Waals surface area contributed by atoms with Gasteiger partial charge in [-0.25, -0.2) is 0 Å². The van der Waals surface area contributed by atoms with E-state index in [9.17, 15) is 5.11 Å². The second kappa shape index (κ2) is 5.65. The number of likely N-dealkylation sites (tertiary alicyclic amines) is 1. The van der Waals surface area contributed by atoms with Gasteiger partial charge in [-0.15, -0.1) is 0 Å². The van der Waals surface area contributed by atoms with Gasteiger partial charge in [-0.1, -0.05) is 0 Å². The molecule has 1 aromatic rings. The maximum atomic E-state index is 11.2. The highest BCUT2D eigenvalue weighted by Gasteiger charge is 2.49. The molecule has 1 aliphatic heterocycles. The largest absolute Gasteiger partial charge is 0.382 e. The number of likely N-dealkylation sites (N-methyl/N-ethyl adjacent to an activating group) is 1. The molecule has 2 heterocycles. The quantitative estimate of drug-likeness (QED) is 0.871. The van der Waals surface area contributed by atoms with E-state index < -0.39 is 5.60 Å². The third kappa shape index (κ3) is 3.04. The minimum atomic E-state index is -0.788. The molecule has 2 aliphatic rings. The number of aliphatic hydroxyl groups is 1. The van der Waals surface area contributed by atoms with Gasteiger partial charge in [0.15, 0.2) is 0 Å². The van der Waals surface area contributed by atoms with E-state index in [1.807, 2.05) is 10.9 Å². The first kappa shape index (κ1) is 15.5. The van der Waals surface area contributed by atoms with Gasteiger partial charge in [-0.05, 0) is 56.2 Å². The molecule has 1 aliphatic carbocycles. The van der Waals surface area contributed by atoms with Crippen LogP contribution in [-0.2, 0) is 12.1 Å². The lowest BCUT2D eigenvalue weighted by molar-refractivity contribution is 0.0349. The van der Waals surface area contributed by atoms with Crippen molar-refractivity contribution in [3.05, 3.63) is 16.4 Å². The fourth-order valence-electron chi connectivity index (χ4n) is 3.48. The van der Waals surface area contributed by atoms with E-state index in [1.54, 1.807) is 0 Å². The first-order valence-electron chi connectivity index (χ1n) is 7.75. The van der Waals surface area contributed by atoms with Gasteiger partial charge in [0.05, 0.1) is 22.9 Å². The van der Waals surface area contributed by atoms with Gasteiger partial charge in [0.1, 0.15) is 5.60 Å². The molecule has 0 aromatic carbocycles. The normalized spacial score (nSPS) is 30.5. The van der Waals surface area contributed by atoms with Crippen LogP contribution >= 0.6 is 15.9 Å². The van der Waals surface area contributed by atoms with Crippen LogP contribution in [0.25, 0.3) is 0 Å². The zero-order valence-corrected chi connectivity index (χ0v) is 14.7. The Hall–Kier alpha value is -0.430. The number of hydrogen-bond acceptors (Lipinski definition) is 4. The van der Waals surface area contributed by atoms with Crippen molar-refractivity contribution >= 4 is 15.9 Å². The number of nitrogens with zero attached hydrogens (tertiary/aromatic N) is 4. The average molecular weight is 357 g/mol. The van der Waals surface area contributed by atoms with Gasteiger partial charge < -0.3 is 10.0 Å². The van der Waals surface area contributed by atoms with Crippen LogP contribution in [0.3, 0.4) is 0 Å². The van der Waals surface area contributed by atoms with E-state index >= 15 is 0 Å². The molecule has 0 spiro atoms. The summed E-state index contributed by atoms with van der Waals surface area (Å²) < 4.78 is 2.89. The smallest absolute Gasteiger partial charge is 0.121 e. The Morgan fingerprint density at radius 3 is 2.81 bits per heavy atom. The lowest BCUT2D eigenvalue weighted by atomic mass is 9.96. The Morgan fingerprint density at radius 1 is 1.48 bits per heavy atom. The predicted molar refractivity (Wildman–Crippen MR) is 86.2 cm³/mol. The minimum Gasteiger partial charge on any atom is -0.382 e. The monoisotopic (exact) mass is 356 g/mol. The van der Waals surface area contributed by atoms with Gasteiger partial charge in [0, 0.05) is 25.2 Å². The molecular weight excluding hydrogens is 332 g/mol. The SMILES string of the molecule is CC1CC(O)(c2c(Br)cnn2CCN(C)C)CN1C1CC1. The van der Waals surface area contributed by atoms with Crippen molar-refractivity contribution in [1.29, 1.82) is 0 Å². The second-order valence-corrected chi connectivity index (χ2v) is 7.71. The molecule has 2 fully saturated rings. The van der Waals surface area contributed by atoms with E-state index in [-0.39, 0.29) is 0 Å². The van der Waals surface area contributed by atoms with E-state index in [2.05, 4.69) is 51.8 Å². The summed E-state index contributed by atoms with van der Waals surface area (Å²) in [5.74, 6) is 0. The zero-order chi connectivity index (χ0) is 15.2. The van der Waals surface area contributed by atoms with Crippen LogP contribution in [-0.4, -0.2) is 64.0 Å². The summed E-state index contributed by atoms with van der Waals surface area (Å²) in [5.41, 5.74) is 0.156. The summed E-state index contributed by atoms with van der Waals surface area (Å²) in [7, 11) is 4.11. The first-order valence-corrected chi connectivity index (χ1v) is 8.54. The van der Waals surface area contributed by atoms with Crippen molar-refractivity contribution in [3.8, 4) is 0 Å². The van der Waals surface area contributed by atoms with E-state index in [4.69, 9.17) is 0 Å². The minimum absolute atomic E-state index is 0.437. The van der Waals surface area contributed by atoms with Crippen LogP contribution in [0.2, 0.25) is 0 Å². The number of aromatic nitrogens is 2.